The molecule has 4 rings (SSSR count). The fourth-order valence-electron chi connectivity index (χ4n) is 3.90. The number of alkyl halides is 2. The smallest absolute Gasteiger partial charge is 0.295 e. The Labute approximate surface area is 184 Å². The van der Waals surface area contributed by atoms with Gasteiger partial charge in [0.1, 0.15) is 0 Å². The zero-order chi connectivity index (χ0) is 22.7. The molecule has 2 aromatic carbocycles. The SMILES string of the molecule is CCc1ccccc1NC(=O)CN1CCN(C(=O)c2ccc3nc(C(F)F)[nH]c3c2)CC1. The van der Waals surface area contributed by atoms with E-state index in [-0.39, 0.29) is 18.4 Å². The first-order chi connectivity index (χ1) is 15.4. The molecule has 3 aromatic rings. The average molecular weight is 441 g/mol. The standard InChI is InChI=1S/C23H25F2N5O2/c1-2-15-5-3-4-6-17(15)26-20(31)14-29-9-11-30(12-10-29)23(32)16-7-8-18-19(13-16)28-22(27-18)21(24)25/h3-8,13,21H,2,9-12,14H2,1H3,(H,26,31)(H,27,28). The highest BCUT2D eigenvalue weighted by molar-refractivity contribution is 5.97. The largest absolute Gasteiger partial charge is 0.337 e. The van der Waals surface area contributed by atoms with Gasteiger partial charge in [-0.25, -0.2) is 13.8 Å². The van der Waals surface area contributed by atoms with E-state index in [0.29, 0.717) is 42.8 Å². The zero-order valence-corrected chi connectivity index (χ0v) is 17.8. The molecule has 1 fully saturated rings. The molecular weight excluding hydrogens is 416 g/mol. The number of anilines is 1. The molecule has 9 heteroatoms. The van der Waals surface area contributed by atoms with Gasteiger partial charge in [-0.1, -0.05) is 25.1 Å². The lowest BCUT2D eigenvalue weighted by molar-refractivity contribution is -0.117. The minimum absolute atomic E-state index is 0.0785. The maximum atomic E-state index is 12.9. The van der Waals surface area contributed by atoms with Crippen molar-refractivity contribution in [3.63, 3.8) is 0 Å². The molecule has 2 N–H and O–H groups in total. The van der Waals surface area contributed by atoms with E-state index >= 15 is 0 Å². The normalized spacial score (nSPS) is 14.8. The van der Waals surface area contributed by atoms with Crippen molar-refractivity contribution in [2.24, 2.45) is 0 Å². The number of imidazole rings is 1. The van der Waals surface area contributed by atoms with Gasteiger partial charge in [-0.3, -0.25) is 14.5 Å². The molecule has 1 saturated heterocycles. The van der Waals surface area contributed by atoms with Crippen LogP contribution in [0.3, 0.4) is 0 Å². The van der Waals surface area contributed by atoms with Crippen LogP contribution in [0.2, 0.25) is 0 Å². The van der Waals surface area contributed by atoms with Crippen molar-refractivity contribution in [2.75, 3.05) is 38.0 Å². The number of piperazine rings is 1. The molecule has 1 aromatic heterocycles. The summed E-state index contributed by atoms with van der Waals surface area (Å²) >= 11 is 0. The maximum absolute atomic E-state index is 12.9. The third-order valence-corrected chi connectivity index (χ3v) is 5.65. The van der Waals surface area contributed by atoms with Gasteiger partial charge < -0.3 is 15.2 Å². The summed E-state index contributed by atoms with van der Waals surface area (Å²) in [5, 5.41) is 2.97. The Kier molecular flexibility index (Phi) is 6.45. The third-order valence-electron chi connectivity index (χ3n) is 5.65. The number of benzene rings is 2. The third kappa shape index (κ3) is 4.77. The summed E-state index contributed by atoms with van der Waals surface area (Å²) in [5.41, 5.74) is 3.15. The van der Waals surface area contributed by atoms with Gasteiger partial charge in [-0.15, -0.1) is 0 Å². The number of carbonyl (C=O) groups excluding carboxylic acids is 2. The number of carbonyl (C=O) groups is 2. The van der Waals surface area contributed by atoms with Crippen molar-refractivity contribution in [2.45, 2.75) is 19.8 Å². The summed E-state index contributed by atoms with van der Waals surface area (Å²) in [7, 11) is 0. The van der Waals surface area contributed by atoms with Crippen LogP contribution in [0.4, 0.5) is 14.5 Å². The van der Waals surface area contributed by atoms with Gasteiger partial charge in [0.25, 0.3) is 12.3 Å². The number of fused-ring (bicyclic) bond motifs is 1. The molecule has 0 spiro atoms. The predicted octanol–water partition coefficient (Wildman–Crippen LogP) is 3.46. The summed E-state index contributed by atoms with van der Waals surface area (Å²) in [6, 6.07) is 12.5. The lowest BCUT2D eigenvalue weighted by Gasteiger charge is -2.34. The van der Waals surface area contributed by atoms with Crippen LogP contribution in [0.5, 0.6) is 0 Å². The van der Waals surface area contributed by atoms with E-state index in [9.17, 15) is 18.4 Å². The van der Waals surface area contributed by atoms with Crippen LogP contribution in [0.1, 0.15) is 35.1 Å². The Bertz CT molecular complexity index is 1120. The molecule has 1 aliphatic rings. The molecule has 32 heavy (non-hydrogen) atoms. The fourth-order valence-corrected chi connectivity index (χ4v) is 3.90. The minimum Gasteiger partial charge on any atom is -0.337 e. The van der Waals surface area contributed by atoms with E-state index in [4.69, 9.17) is 0 Å². The zero-order valence-electron chi connectivity index (χ0n) is 17.8. The minimum atomic E-state index is -2.69. The molecular formula is C23H25F2N5O2. The number of aryl methyl sites for hydroxylation is 1. The topological polar surface area (TPSA) is 81.3 Å². The summed E-state index contributed by atoms with van der Waals surface area (Å²) in [6.45, 7) is 4.44. The van der Waals surface area contributed by atoms with E-state index in [1.54, 1.807) is 23.1 Å². The molecule has 1 aliphatic heterocycles. The molecule has 0 unspecified atom stereocenters. The van der Waals surface area contributed by atoms with Crippen LogP contribution in [-0.4, -0.2) is 64.3 Å². The maximum Gasteiger partial charge on any atom is 0.295 e. The molecule has 7 nitrogen and oxygen atoms in total. The molecule has 0 aliphatic carbocycles. The summed E-state index contributed by atoms with van der Waals surface area (Å²) < 4.78 is 25.7. The first-order valence-corrected chi connectivity index (χ1v) is 10.6. The van der Waals surface area contributed by atoms with E-state index in [0.717, 1.165) is 17.7 Å². The number of halogens is 2. The Balaban J connectivity index is 1.32. The monoisotopic (exact) mass is 441 g/mol. The summed E-state index contributed by atoms with van der Waals surface area (Å²) in [6.07, 6.45) is -1.85. The lowest BCUT2D eigenvalue weighted by atomic mass is 10.1. The number of hydrogen-bond donors (Lipinski definition) is 2. The Hall–Kier alpha value is -3.33. The van der Waals surface area contributed by atoms with E-state index < -0.39 is 12.2 Å². The number of aromatic nitrogens is 2. The van der Waals surface area contributed by atoms with Crippen LogP contribution in [0, 0.1) is 0 Å². The molecule has 0 bridgehead atoms. The second-order valence-corrected chi connectivity index (χ2v) is 7.78. The van der Waals surface area contributed by atoms with Crippen molar-refractivity contribution in [1.29, 1.82) is 0 Å². The highest BCUT2D eigenvalue weighted by atomic mass is 19.3. The van der Waals surface area contributed by atoms with E-state index in [1.807, 2.05) is 36.1 Å². The number of H-pyrrole nitrogens is 1. The van der Waals surface area contributed by atoms with Crippen LogP contribution < -0.4 is 5.32 Å². The van der Waals surface area contributed by atoms with Gasteiger partial charge >= 0.3 is 0 Å². The van der Waals surface area contributed by atoms with Crippen LogP contribution in [0.25, 0.3) is 11.0 Å². The first-order valence-electron chi connectivity index (χ1n) is 10.6. The van der Waals surface area contributed by atoms with Gasteiger partial charge in [0.05, 0.1) is 17.6 Å². The number of para-hydroxylation sites is 1. The Morgan fingerprint density at radius 1 is 1.12 bits per heavy atom. The van der Waals surface area contributed by atoms with Gasteiger partial charge in [0.15, 0.2) is 5.82 Å². The fraction of sp³-hybridized carbons (Fsp3) is 0.348. The highest BCUT2D eigenvalue weighted by Gasteiger charge is 2.24. The van der Waals surface area contributed by atoms with Crippen molar-refractivity contribution in [3.8, 4) is 0 Å². The molecule has 0 atom stereocenters. The predicted molar refractivity (Wildman–Crippen MR) is 118 cm³/mol. The van der Waals surface area contributed by atoms with E-state index in [2.05, 4.69) is 15.3 Å². The van der Waals surface area contributed by atoms with Crippen molar-refractivity contribution in [1.82, 2.24) is 19.8 Å². The highest BCUT2D eigenvalue weighted by Crippen LogP contribution is 2.21. The number of hydrogen-bond acceptors (Lipinski definition) is 4. The Morgan fingerprint density at radius 3 is 2.59 bits per heavy atom. The second kappa shape index (κ2) is 9.44. The number of amides is 2. The van der Waals surface area contributed by atoms with Gasteiger partial charge in [0.2, 0.25) is 5.91 Å². The van der Waals surface area contributed by atoms with Gasteiger partial charge in [0, 0.05) is 37.4 Å². The molecule has 0 saturated carbocycles. The lowest BCUT2D eigenvalue weighted by Crippen LogP contribution is -2.50. The molecule has 0 radical (unpaired) electrons. The number of nitrogens with one attached hydrogen (secondary N) is 2. The van der Waals surface area contributed by atoms with Crippen molar-refractivity contribution < 1.29 is 18.4 Å². The van der Waals surface area contributed by atoms with E-state index in [1.165, 1.54) is 0 Å². The molecule has 2 amide bonds. The van der Waals surface area contributed by atoms with Crippen LogP contribution >= 0.6 is 0 Å². The number of nitrogens with zero attached hydrogens (tertiary/aromatic N) is 3. The summed E-state index contributed by atoms with van der Waals surface area (Å²) in [5.74, 6) is -0.649. The Morgan fingerprint density at radius 2 is 1.88 bits per heavy atom. The van der Waals surface area contributed by atoms with Crippen molar-refractivity contribution >= 4 is 28.5 Å². The number of aromatic amines is 1. The quantitative estimate of drug-likeness (QED) is 0.614. The molecule has 168 valence electrons. The van der Waals surface area contributed by atoms with Crippen LogP contribution in [0.15, 0.2) is 42.5 Å². The van der Waals surface area contributed by atoms with Gasteiger partial charge in [-0.05, 0) is 36.2 Å². The first kappa shape index (κ1) is 21.9. The average Bonchev–Trinajstić information content (AvgIpc) is 3.23. The van der Waals surface area contributed by atoms with Crippen molar-refractivity contribution in [3.05, 3.63) is 59.4 Å². The molecule has 2 heterocycles. The summed E-state index contributed by atoms with van der Waals surface area (Å²) in [4.78, 5) is 35.5. The second-order valence-electron chi connectivity index (χ2n) is 7.78. The van der Waals surface area contributed by atoms with Gasteiger partial charge in [-0.2, -0.15) is 0 Å². The van der Waals surface area contributed by atoms with Crippen LogP contribution in [-0.2, 0) is 11.2 Å². The number of rotatable bonds is 6.